The van der Waals surface area contributed by atoms with Crippen molar-refractivity contribution in [1.29, 1.82) is 0 Å². The van der Waals surface area contributed by atoms with E-state index in [9.17, 15) is 14.3 Å². The number of aromatic nitrogens is 2. The molecule has 0 amide bonds. The number of aromatic amines is 1. The SMILES string of the molecule is CC(C)c1nc(-c2cc(O)cc(F)c2)[nH]c(=O)c1Br. The number of hydrogen-bond acceptors (Lipinski definition) is 3. The molecule has 19 heavy (non-hydrogen) atoms. The van der Waals surface area contributed by atoms with Gasteiger partial charge in [0.15, 0.2) is 0 Å². The van der Waals surface area contributed by atoms with E-state index < -0.39 is 5.82 Å². The minimum atomic E-state index is -0.591. The summed E-state index contributed by atoms with van der Waals surface area (Å²) in [5.41, 5.74) is 0.573. The van der Waals surface area contributed by atoms with Crippen LogP contribution < -0.4 is 5.56 Å². The Balaban J connectivity index is 2.66. The highest BCUT2D eigenvalue weighted by molar-refractivity contribution is 9.10. The predicted octanol–water partition coefficient (Wildman–Crippen LogP) is 3.17. The standard InChI is InChI=1S/C13H12BrFN2O2/c1-6(2)11-10(14)13(19)17-12(16-11)7-3-8(15)5-9(18)4-7/h3-6,18H,1-2H3,(H,16,17,19). The molecule has 2 aromatic rings. The lowest BCUT2D eigenvalue weighted by Gasteiger charge is -2.09. The van der Waals surface area contributed by atoms with Crippen molar-refractivity contribution in [3.63, 3.8) is 0 Å². The molecular weight excluding hydrogens is 315 g/mol. The van der Waals surface area contributed by atoms with Gasteiger partial charge in [0.05, 0.1) is 5.69 Å². The van der Waals surface area contributed by atoms with E-state index in [2.05, 4.69) is 25.9 Å². The summed E-state index contributed by atoms with van der Waals surface area (Å²) in [6, 6.07) is 3.54. The van der Waals surface area contributed by atoms with E-state index >= 15 is 0 Å². The maximum atomic E-state index is 13.3. The number of phenols is 1. The summed E-state index contributed by atoms with van der Waals surface area (Å²) in [4.78, 5) is 18.7. The van der Waals surface area contributed by atoms with Crippen molar-refractivity contribution < 1.29 is 9.50 Å². The topological polar surface area (TPSA) is 66.0 Å². The number of halogens is 2. The Labute approximate surface area is 117 Å². The molecule has 1 heterocycles. The minimum Gasteiger partial charge on any atom is -0.508 e. The van der Waals surface area contributed by atoms with Crippen LogP contribution in [0.1, 0.15) is 25.5 Å². The molecule has 0 aliphatic heterocycles. The molecule has 0 aliphatic rings. The molecule has 6 heteroatoms. The van der Waals surface area contributed by atoms with Crippen molar-refractivity contribution in [2.45, 2.75) is 19.8 Å². The second-order valence-corrected chi connectivity index (χ2v) is 5.26. The third-order valence-corrected chi connectivity index (χ3v) is 3.36. The molecule has 0 radical (unpaired) electrons. The van der Waals surface area contributed by atoms with Crippen LogP contribution in [0.4, 0.5) is 4.39 Å². The van der Waals surface area contributed by atoms with Gasteiger partial charge in [-0.15, -0.1) is 0 Å². The molecule has 0 atom stereocenters. The molecule has 2 N–H and O–H groups in total. The molecule has 0 saturated heterocycles. The molecule has 0 unspecified atom stereocenters. The Hall–Kier alpha value is -1.69. The molecule has 1 aromatic heterocycles. The number of H-pyrrole nitrogens is 1. The fourth-order valence-electron chi connectivity index (χ4n) is 1.71. The largest absolute Gasteiger partial charge is 0.508 e. The minimum absolute atomic E-state index is 0.0394. The van der Waals surface area contributed by atoms with Crippen LogP contribution in [0.2, 0.25) is 0 Å². The van der Waals surface area contributed by atoms with Gasteiger partial charge < -0.3 is 10.1 Å². The first-order chi connectivity index (χ1) is 8.88. The molecule has 1 aromatic carbocycles. The van der Waals surface area contributed by atoms with Crippen LogP contribution in [0.5, 0.6) is 5.75 Å². The normalized spacial score (nSPS) is 11.0. The van der Waals surface area contributed by atoms with Gasteiger partial charge in [-0.25, -0.2) is 9.37 Å². The van der Waals surface area contributed by atoms with Crippen LogP contribution in [0.3, 0.4) is 0 Å². The van der Waals surface area contributed by atoms with E-state index in [-0.39, 0.29) is 23.1 Å². The maximum Gasteiger partial charge on any atom is 0.265 e. The summed E-state index contributed by atoms with van der Waals surface area (Å²) in [6.07, 6.45) is 0. The fraction of sp³-hybridized carbons (Fsp3) is 0.231. The Morgan fingerprint density at radius 1 is 1.37 bits per heavy atom. The second-order valence-electron chi connectivity index (χ2n) is 4.47. The van der Waals surface area contributed by atoms with E-state index in [1.54, 1.807) is 0 Å². The number of nitrogens with one attached hydrogen (secondary N) is 1. The Morgan fingerprint density at radius 2 is 2.05 bits per heavy atom. The van der Waals surface area contributed by atoms with Gasteiger partial charge in [-0.2, -0.15) is 0 Å². The summed E-state index contributed by atoms with van der Waals surface area (Å²) in [5, 5.41) is 9.39. The quantitative estimate of drug-likeness (QED) is 0.890. The molecule has 0 fully saturated rings. The van der Waals surface area contributed by atoms with Crippen LogP contribution in [0.15, 0.2) is 27.5 Å². The smallest absolute Gasteiger partial charge is 0.265 e. The van der Waals surface area contributed by atoms with Crippen LogP contribution in [-0.2, 0) is 0 Å². The number of phenolic OH excluding ortho intramolecular Hbond substituents is 1. The van der Waals surface area contributed by atoms with E-state index in [0.717, 1.165) is 6.07 Å². The van der Waals surface area contributed by atoms with Gasteiger partial charge in [-0.3, -0.25) is 4.79 Å². The highest BCUT2D eigenvalue weighted by atomic mass is 79.9. The number of rotatable bonds is 2. The lowest BCUT2D eigenvalue weighted by atomic mass is 10.1. The first-order valence-electron chi connectivity index (χ1n) is 5.68. The monoisotopic (exact) mass is 326 g/mol. The Bertz CT molecular complexity index is 663. The highest BCUT2D eigenvalue weighted by Crippen LogP contribution is 2.25. The zero-order valence-electron chi connectivity index (χ0n) is 10.4. The molecule has 0 bridgehead atoms. The molecule has 0 aliphatic carbocycles. The van der Waals surface area contributed by atoms with E-state index in [4.69, 9.17) is 0 Å². The lowest BCUT2D eigenvalue weighted by Crippen LogP contribution is -2.14. The third-order valence-electron chi connectivity index (χ3n) is 2.59. The molecular formula is C13H12BrFN2O2. The second kappa shape index (κ2) is 5.13. The van der Waals surface area contributed by atoms with Gasteiger partial charge in [-0.1, -0.05) is 13.8 Å². The van der Waals surface area contributed by atoms with Crippen LogP contribution in [0.25, 0.3) is 11.4 Å². The summed E-state index contributed by atoms with van der Waals surface area (Å²) in [5.74, 6) is -0.539. The summed E-state index contributed by atoms with van der Waals surface area (Å²) in [6.45, 7) is 3.80. The number of nitrogens with zero attached hydrogens (tertiary/aromatic N) is 1. The van der Waals surface area contributed by atoms with Gasteiger partial charge >= 0.3 is 0 Å². The van der Waals surface area contributed by atoms with Crippen molar-refractivity contribution >= 4 is 15.9 Å². The average molecular weight is 327 g/mol. The summed E-state index contributed by atoms with van der Waals surface area (Å²) < 4.78 is 13.6. The van der Waals surface area contributed by atoms with Crippen molar-refractivity contribution in [1.82, 2.24) is 9.97 Å². The number of benzene rings is 1. The summed E-state index contributed by atoms with van der Waals surface area (Å²) >= 11 is 3.19. The van der Waals surface area contributed by atoms with E-state index in [1.807, 2.05) is 13.8 Å². The maximum absolute atomic E-state index is 13.3. The molecule has 4 nitrogen and oxygen atoms in total. The third kappa shape index (κ3) is 2.84. The lowest BCUT2D eigenvalue weighted by molar-refractivity contribution is 0.469. The molecule has 100 valence electrons. The molecule has 2 rings (SSSR count). The van der Waals surface area contributed by atoms with Gasteiger partial charge in [0, 0.05) is 11.6 Å². The molecule has 0 spiro atoms. The summed E-state index contributed by atoms with van der Waals surface area (Å²) in [7, 11) is 0. The molecule has 0 saturated carbocycles. The number of hydrogen-bond donors (Lipinski definition) is 2. The number of aromatic hydroxyl groups is 1. The van der Waals surface area contributed by atoms with E-state index in [0.29, 0.717) is 15.7 Å². The van der Waals surface area contributed by atoms with Crippen LogP contribution >= 0.6 is 15.9 Å². The van der Waals surface area contributed by atoms with Crippen LogP contribution in [-0.4, -0.2) is 15.1 Å². The van der Waals surface area contributed by atoms with Crippen molar-refractivity contribution in [2.75, 3.05) is 0 Å². The first kappa shape index (κ1) is 13.7. The fourth-order valence-corrected chi connectivity index (χ4v) is 2.35. The predicted molar refractivity (Wildman–Crippen MR) is 73.7 cm³/mol. The van der Waals surface area contributed by atoms with Crippen LogP contribution in [0, 0.1) is 5.82 Å². The van der Waals surface area contributed by atoms with Crippen molar-refractivity contribution in [3.8, 4) is 17.1 Å². The van der Waals surface area contributed by atoms with Gasteiger partial charge in [0.25, 0.3) is 5.56 Å². The van der Waals surface area contributed by atoms with E-state index in [1.165, 1.54) is 12.1 Å². The zero-order valence-corrected chi connectivity index (χ0v) is 12.0. The van der Waals surface area contributed by atoms with Gasteiger partial charge in [0.1, 0.15) is 21.9 Å². The Morgan fingerprint density at radius 3 is 2.63 bits per heavy atom. The first-order valence-corrected chi connectivity index (χ1v) is 6.47. The van der Waals surface area contributed by atoms with Gasteiger partial charge in [0.2, 0.25) is 0 Å². The van der Waals surface area contributed by atoms with Crippen molar-refractivity contribution in [2.24, 2.45) is 0 Å². The zero-order chi connectivity index (χ0) is 14.2. The highest BCUT2D eigenvalue weighted by Gasteiger charge is 2.14. The van der Waals surface area contributed by atoms with Crippen molar-refractivity contribution in [3.05, 3.63) is 44.5 Å². The average Bonchev–Trinajstić information content (AvgIpc) is 2.30. The Kier molecular flexibility index (Phi) is 3.71. The van der Waals surface area contributed by atoms with Gasteiger partial charge in [-0.05, 0) is 34.0 Å².